The molecule has 0 aliphatic rings. The molecular weight excluding hydrogens is 180 g/mol. The van der Waals surface area contributed by atoms with Crippen LogP contribution in [-0.4, -0.2) is 29.5 Å². The highest BCUT2D eigenvalue weighted by Crippen LogP contribution is 1.92. The zero-order valence-corrected chi connectivity index (χ0v) is 8.25. The molecule has 0 aliphatic carbocycles. The Bertz CT molecular complexity index is 265. The van der Waals surface area contributed by atoms with Crippen molar-refractivity contribution in [3.63, 3.8) is 0 Å². The highest BCUT2D eigenvalue weighted by molar-refractivity contribution is 5.78. The van der Waals surface area contributed by atoms with Gasteiger partial charge in [-0.25, -0.2) is 10.8 Å². The third-order valence-electron chi connectivity index (χ3n) is 1.80. The minimum absolute atomic E-state index is 0.601. The Hall–Kier alpha value is -1.56. The van der Waals surface area contributed by atoms with Crippen molar-refractivity contribution in [2.75, 3.05) is 13.6 Å². The maximum absolute atomic E-state index is 5.20. The van der Waals surface area contributed by atoms with Gasteiger partial charge in [0.15, 0.2) is 0 Å². The van der Waals surface area contributed by atoms with E-state index in [9.17, 15) is 0 Å². The number of hydrazine groups is 1. The summed E-state index contributed by atoms with van der Waals surface area (Å²) in [5.41, 5.74) is 2.46. The van der Waals surface area contributed by atoms with Gasteiger partial charge in [0, 0.05) is 32.4 Å². The first-order chi connectivity index (χ1) is 6.86. The van der Waals surface area contributed by atoms with Gasteiger partial charge in [0.05, 0.1) is 0 Å². The van der Waals surface area contributed by atoms with Gasteiger partial charge < -0.3 is 10.3 Å². The number of aliphatic imine (C=N–C) groups is 1. The zero-order valence-electron chi connectivity index (χ0n) is 8.25. The lowest BCUT2D eigenvalue weighted by Gasteiger charge is -2.06. The van der Waals surface area contributed by atoms with E-state index < -0.39 is 0 Å². The lowest BCUT2D eigenvalue weighted by atomic mass is 10.3. The van der Waals surface area contributed by atoms with E-state index in [4.69, 9.17) is 5.84 Å². The lowest BCUT2D eigenvalue weighted by Crippen LogP contribution is -2.41. The van der Waals surface area contributed by atoms with Gasteiger partial charge in [-0.1, -0.05) is 0 Å². The maximum atomic E-state index is 5.20. The first kappa shape index (κ1) is 10.5. The fraction of sp³-hybridized carbons (Fsp3) is 0.500. The summed E-state index contributed by atoms with van der Waals surface area (Å²) in [6.45, 7) is 0.817. The average molecular weight is 196 g/mol. The van der Waals surface area contributed by atoms with E-state index in [2.05, 4.69) is 25.7 Å². The molecule has 0 unspecified atom stereocenters. The van der Waals surface area contributed by atoms with Crippen molar-refractivity contribution in [2.45, 2.75) is 12.8 Å². The molecule has 1 aromatic rings. The van der Waals surface area contributed by atoms with E-state index in [1.54, 1.807) is 13.2 Å². The first-order valence-electron chi connectivity index (χ1n) is 4.52. The number of aromatic nitrogens is 2. The minimum atomic E-state index is 0.601. The van der Waals surface area contributed by atoms with E-state index in [-0.39, 0.29) is 0 Å². The smallest absolute Gasteiger partial charge is 0.205 e. The lowest BCUT2D eigenvalue weighted by molar-refractivity contribution is 0.731. The van der Waals surface area contributed by atoms with Crippen LogP contribution in [0.1, 0.15) is 12.2 Å². The standard InChI is InChI=1S/C8H16N6/c1-10-8(14-9)13-4-2-3-7-11-5-6-12-7/h5-6H,2-4,9H2,1H3,(H,11,12)(H2,10,13,14). The van der Waals surface area contributed by atoms with Gasteiger partial charge in [-0.05, 0) is 6.42 Å². The largest absolute Gasteiger partial charge is 0.355 e. The second-order valence-corrected chi connectivity index (χ2v) is 2.78. The third-order valence-corrected chi connectivity index (χ3v) is 1.80. The fourth-order valence-electron chi connectivity index (χ4n) is 1.09. The molecule has 0 saturated heterocycles. The minimum Gasteiger partial charge on any atom is -0.355 e. The van der Waals surface area contributed by atoms with Crippen molar-refractivity contribution in [3.05, 3.63) is 18.2 Å². The van der Waals surface area contributed by atoms with Crippen molar-refractivity contribution in [2.24, 2.45) is 10.8 Å². The Balaban J connectivity index is 2.10. The fourth-order valence-corrected chi connectivity index (χ4v) is 1.09. The van der Waals surface area contributed by atoms with E-state index >= 15 is 0 Å². The Morgan fingerprint density at radius 1 is 1.71 bits per heavy atom. The van der Waals surface area contributed by atoms with Crippen LogP contribution in [0.5, 0.6) is 0 Å². The van der Waals surface area contributed by atoms with Gasteiger partial charge >= 0.3 is 0 Å². The maximum Gasteiger partial charge on any atom is 0.205 e. The Morgan fingerprint density at radius 2 is 2.57 bits per heavy atom. The van der Waals surface area contributed by atoms with Crippen molar-refractivity contribution >= 4 is 5.96 Å². The number of hydrogen-bond acceptors (Lipinski definition) is 3. The highest BCUT2D eigenvalue weighted by Gasteiger charge is 1.95. The van der Waals surface area contributed by atoms with Crippen LogP contribution < -0.4 is 16.6 Å². The number of aromatic amines is 1. The summed E-state index contributed by atoms with van der Waals surface area (Å²) in [4.78, 5) is 11.1. The predicted octanol–water partition coefficient (Wildman–Crippen LogP) is -0.619. The van der Waals surface area contributed by atoms with Gasteiger partial charge in [0.1, 0.15) is 5.82 Å². The highest BCUT2D eigenvalue weighted by atomic mass is 15.3. The summed E-state index contributed by atoms with van der Waals surface area (Å²) >= 11 is 0. The molecule has 0 atom stereocenters. The average Bonchev–Trinajstić information content (AvgIpc) is 2.71. The van der Waals surface area contributed by atoms with Gasteiger partial charge in [0.2, 0.25) is 5.96 Å². The van der Waals surface area contributed by atoms with Gasteiger partial charge in [0.25, 0.3) is 0 Å². The number of H-pyrrole nitrogens is 1. The first-order valence-corrected chi connectivity index (χ1v) is 4.52. The molecule has 0 amide bonds. The molecule has 0 fully saturated rings. The van der Waals surface area contributed by atoms with E-state index in [0.29, 0.717) is 5.96 Å². The number of aryl methyl sites for hydroxylation is 1. The summed E-state index contributed by atoms with van der Waals surface area (Å²) in [5.74, 6) is 6.80. The Kier molecular flexibility index (Phi) is 4.49. The monoisotopic (exact) mass is 196 g/mol. The number of nitrogens with two attached hydrogens (primary N) is 1. The van der Waals surface area contributed by atoms with Crippen molar-refractivity contribution in [1.82, 2.24) is 20.7 Å². The molecule has 6 heteroatoms. The van der Waals surface area contributed by atoms with Crippen LogP contribution in [0, 0.1) is 0 Å². The Morgan fingerprint density at radius 3 is 3.14 bits per heavy atom. The molecule has 0 aliphatic heterocycles. The summed E-state index contributed by atoms with van der Waals surface area (Å²) in [5, 5.41) is 3.05. The molecule has 6 nitrogen and oxygen atoms in total. The molecule has 0 bridgehead atoms. The number of guanidine groups is 1. The quantitative estimate of drug-likeness (QED) is 0.170. The molecular formula is C8H16N6. The van der Waals surface area contributed by atoms with E-state index in [0.717, 1.165) is 25.2 Å². The summed E-state index contributed by atoms with van der Waals surface area (Å²) in [7, 11) is 1.68. The van der Waals surface area contributed by atoms with Crippen LogP contribution in [0.15, 0.2) is 17.4 Å². The predicted molar refractivity (Wildman–Crippen MR) is 55.6 cm³/mol. The second kappa shape index (κ2) is 5.98. The number of rotatable bonds is 4. The zero-order chi connectivity index (χ0) is 10.2. The van der Waals surface area contributed by atoms with Crippen molar-refractivity contribution < 1.29 is 0 Å². The molecule has 1 heterocycles. The van der Waals surface area contributed by atoms with Crippen LogP contribution in [0.25, 0.3) is 0 Å². The van der Waals surface area contributed by atoms with Crippen LogP contribution in [0.3, 0.4) is 0 Å². The van der Waals surface area contributed by atoms with Gasteiger partial charge in [-0.3, -0.25) is 10.4 Å². The summed E-state index contributed by atoms with van der Waals surface area (Å²) in [6.07, 6.45) is 5.47. The van der Waals surface area contributed by atoms with Crippen molar-refractivity contribution in [1.29, 1.82) is 0 Å². The number of imidazole rings is 1. The number of nitrogens with one attached hydrogen (secondary N) is 3. The molecule has 0 spiro atoms. The van der Waals surface area contributed by atoms with Gasteiger partial charge in [-0.2, -0.15) is 0 Å². The molecule has 1 rings (SSSR count). The van der Waals surface area contributed by atoms with Crippen LogP contribution in [0.2, 0.25) is 0 Å². The molecule has 0 saturated carbocycles. The molecule has 14 heavy (non-hydrogen) atoms. The third kappa shape index (κ3) is 3.44. The molecule has 5 N–H and O–H groups in total. The molecule has 0 radical (unpaired) electrons. The molecule has 78 valence electrons. The van der Waals surface area contributed by atoms with Crippen LogP contribution in [0.4, 0.5) is 0 Å². The van der Waals surface area contributed by atoms with Crippen LogP contribution in [-0.2, 0) is 6.42 Å². The topological polar surface area (TPSA) is 91.1 Å². The summed E-state index contributed by atoms with van der Waals surface area (Å²) in [6, 6.07) is 0. The second-order valence-electron chi connectivity index (χ2n) is 2.78. The number of nitrogens with zero attached hydrogens (tertiary/aromatic N) is 2. The Labute approximate surface area is 83.0 Å². The SMILES string of the molecule is CN=C(NN)NCCCc1ncc[nH]1. The number of hydrogen-bond donors (Lipinski definition) is 4. The molecule has 0 aromatic carbocycles. The van der Waals surface area contributed by atoms with Crippen LogP contribution >= 0.6 is 0 Å². The van der Waals surface area contributed by atoms with E-state index in [1.165, 1.54) is 0 Å². The van der Waals surface area contributed by atoms with Crippen molar-refractivity contribution in [3.8, 4) is 0 Å². The molecule has 1 aromatic heterocycles. The normalized spacial score (nSPS) is 11.4. The van der Waals surface area contributed by atoms with E-state index in [1.807, 2.05) is 6.20 Å². The van der Waals surface area contributed by atoms with Gasteiger partial charge in [-0.15, -0.1) is 0 Å². The summed E-state index contributed by atoms with van der Waals surface area (Å²) < 4.78 is 0.